The molecule has 0 unspecified atom stereocenters. The molecule has 1 aromatic heterocycles. The number of halogens is 1. The second kappa shape index (κ2) is 7.59. The molecule has 0 aliphatic carbocycles. The van der Waals surface area contributed by atoms with E-state index in [1.165, 1.54) is 0 Å². The van der Waals surface area contributed by atoms with Gasteiger partial charge in [0.2, 0.25) is 0 Å². The highest BCUT2D eigenvalue weighted by atomic mass is 35.5. The van der Waals surface area contributed by atoms with Crippen LogP contribution in [0.25, 0.3) is 5.69 Å². The van der Waals surface area contributed by atoms with Gasteiger partial charge < -0.3 is 10.4 Å². The Kier molecular flexibility index (Phi) is 5.79. The van der Waals surface area contributed by atoms with Crippen LogP contribution < -0.4 is 5.32 Å². The fourth-order valence-corrected chi connectivity index (χ4v) is 2.53. The van der Waals surface area contributed by atoms with Gasteiger partial charge in [0.25, 0.3) is 0 Å². The van der Waals surface area contributed by atoms with Gasteiger partial charge in [0.05, 0.1) is 11.4 Å². The summed E-state index contributed by atoms with van der Waals surface area (Å²) in [6, 6.07) is 9.91. The van der Waals surface area contributed by atoms with Crippen LogP contribution in [0.5, 0.6) is 0 Å². The average Bonchev–Trinajstić information content (AvgIpc) is 2.82. The number of para-hydroxylation sites is 1. The Morgan fingerprint density at radius 2 is 2.00 bits per heavy atom. The second-order valence-electron chi connectivity index (χ2n) is 5.31. The summed E-state index contributed by atoms with van der Waals surface area (Å²) in [5.41, 5.74) is 3.01. The van der Waals surface area contributed by atoms with Crippen molar-refractivity contribution in [3.63, 3.8) is 0 Å². The van der Waals surface area contributed by atoms with Crippen LogP contribution in [0.4, 0.5) is 0 Å². The highest BCUT2D eigenvalue weighted by Crippen LogP contribution is 2.28. The molecule has 0 bridgehead atoms. The van der Waals surface area contributed by atoms with E-state index in [9.17, 15) is 0 Å². The number of aliphatic hydroxyl groups excluding tert-OH is 1. The van der Waals surface area contributed by atoms with E-state index >= 15 is 0 Å². The predicted octanol–water partition coefficient (Wildman–Crippen LogP) is 3.12. The summed E-state index contributed by atoms with van der Waals surface area (Å²) in [6.45, 7) is 5.86. The van der Waals surface area contributed by atoms with Gasteiger partial charge in [-0.1, -0.05) is 43.6 Å². The molecule has 4 nitrogen and oxygen atoms in total. The maximum absolute atomic E-state index is 8.83. The summed E-state index contributed by atoms with van der Waals surface area (Å²) in [4.78, 5) is 0. The van der Waals surface area contributed by atoms with Crippen molar-refractivity contribution >= 4 is 11.6 Å². The highest BCUT2D eigenvalue weighted by molar-refractivity contribution is 6.30. The molecule has 0 fully saturated rings. The first-order valence-electron chi connectivity index (χ1n) is 7.29. The van der Waals surface area contributed by atoms with E-state index in [0.717, 1.165) is 29.9 Å². The van der Waals surface area contributed by atoms with Gasteiger partial charge in [-0.15, -0.1) is 0 Å². The first kappa shape index (κ1) is 16.0. The summed E-state index contributed by atoms with van der Waals surface area (Å²) in [6.07, 6.45) is 0.738. The Labute approximate surface area is 130 Å². The van der Waals surface area contributed by atoms with Gasteiger partial charge in [0, 0.05) is 18.7 Å². The van der Waals surface area contributed by atoms with E-state index in [1.54, 1.807) is 4.68 Å². The van der Waals surface area contributed by atoms with Crippen LogP contribution in [0.1, 0.15) is 37.4 Å². The Bertz CT molecular complexity index is 566. The standard InChI is InChI=1S/C16H22ClN3O/c1-12(2)15-14(11-18-9-6-10-21)16(17)20(19-15)13-7-4-3-5-8-13/h3-5,7-8,12,18,21H,6,9-11H2,1-2H3. The zero-order chi connectivity index (χ0) is 15.2. The molecule has 0 aliphatic rings. The largest absolute Gasteiger partial charge is 0.396 e. The van der Waals surface area contributed by atoms with Crippen molar-refractivity contribution in [1.82, 2.24) is 15.1 Å². The van der Waals surface area contributed by atoms with Crippen LogP contribution in [0.2, 0.25) is 5.15 Å². The molecular weight excluding hydrogens is 286 g/mol. The topological polar surface area (TPSA) is 50.1 Å². The van der Waals surface area contributed by atoms with E-state index in [-0.39, 0.29) is 6.61 Å². The first-order chi connectivity index (χ1) is 10.1. The number of benzene rings is 1. The highest BCUT2D eigenvalue weighted by Gasteiger charge is 2.19. The molecule has 5 heteroatoms. The molecule has 0 saturated heterocycles. The lowest BCUT2D eigenvalue weighted by Crippen LogP contribution is -2.16. The van der Waals surface area contributed by atoms with E-state index in [2.05, 4.69) is 24.3 Å². The van der Waals surface area contributed by atoms with Crippen LogP contribution in [0, 0.1) is 0 Å². The van der Waals surface area contributed by atoms with Crippen LogP contribution in [-0.4, -0.2) is 28.0 Å². The van der Waals surface area contributed by atoms with Crippen LogP contribution in [0.3, 0.4) is 0 Å². The smallest absolute Gasteiger partial charge is 0.137 e. The third-order valence-electron chi connectivity index (χ3n) is 3.31. The number of aromatic nitrogens is 2. The minimum Gasteiger partial charge on any atom is -0.396 e. The normalized spacial score (nSPS) is 11.3. The number of nitrogens with one attached hydrogen (secondary N) is 1. The van der Waals surface area contributed by atoms with Gasteiger partial charge in [-0.3, -0.25) is 0 Å². The SMILES string of the molecule is CC(C)c1nn(-c2ccccc2)c(Cl)c1CNCCCO. The predicted molar refractivity (Wildman–Crippen MR) is 86.1 cm³/mol. The molecule has 2 rings (SSSR count). The van der Waals surface area contributed by atoms with Crippen molar-refractivity contribution in [2.45, 2.75) is 32.7 Å². The molecule has 2 aromatic rings. The van der Waals surface area contributed by atoms with Crippen LogP contribution in [0.15, 0.2) is 30.3 Å². The van der Waals surface area contributed by atoms with E-state index in [0.29, 0.717) is 17.6 Å². The number of nitrogens with zero attached hydrogens (tertiary/aromatic N) is 2. The van der Waals surface area contributed by atoms with Crippen molar-refractivity contribution in [2.24, 2.45) is 0 Å². The molecule has 1 aromatic carbocycles. The monoisotopic (exact) mass is 307 g/mol. The Balaban J connectivity index is 2.28. The number of hydrogen-bond acceptors (Lipinski definition) is 3. The molecular formula is C16H22ClN3O. The molecule has 0 aliphatic heterocycles. The zero-order valence-electron chi connectivity index (χ0n) is 12.5. The molecule has 1 heterocycles. The van der Waals surface area contributed by atoms with Gasteiger partial charge in [0.1, 0.15) is 5.15 Å². The number of aliphatic hydroxyl groups is 1. The van der Waals surface area contributed by atoms with Crippen molar-refractivity contribution in [2.75, 3.05) is 13.2 Å². The summed E-state index contributed by atoms with van der Waals surface area (Å²) in [7, 11) is 0. The summed E-state index contributed by atoms with van der Waals surface area (Å²) < 4.78 is 1.79. The lowest BCUT2D eigenvalue weighted by molar-refractivity contribution is 0.286. The molecule has 0 spiro atoms. The van der Waals surface area contributed by atoms with Crippen LogP contribution in [-0.2, 0) is 6.54 Å². The first-order valence-corrected chi connectivity index (χ1v) is 7.67. The third kappa shape index (κ3) is 3.84. The lowest BCUT2D eigenvalue weighted by atomic mass is 10.1. The molecule has 2 N–H and O–H groups in total. The minimum absolute atomic E-state index is 0.195. The minimum atomic E-state index is 0.195. The molecule has 0 radical (unpaired) electrons. The maximum Gasteiger partial charge on any atom is 0.137 e. The summed E-state index contributed by atoms with van der Waals surface area (Å²) >= 11 is 6.53. The van der Waals surface area contributed by atoms with Crippen LogP contribution >= 0.6 is 11.6 Å². The molecule has 0 amide bonds. The Morgan fingerprint density at radius 3 is 2.62 bits per heavy atom. The Hall–Kier alpha value is -1.36. The van der Waals surface area contributed by atoms with Crippen molar-refractivity contribution < 1.29 is 5.11 Å². The van der Waals surface area contributed by atoms with Gasteiger partial charge >= 0.3 is 0 Å². The van der Waals surface area contributed by atoms with E-state index in [4.69, 9.17) is 16.7 Å². The third-order valence-corrected chi connectivity index (χ3v) is 3.70. The number of rotatable bonds is 7. The number of hydrogen-bond donors (Lipinski definition) is 2. The van der Waals surface area contributed by atoms with E-state index in [1.807, 2.05) is 30.3 Å². The van der Waals surface area contributed by atoms with Crippen molar-refractivity contribution in [1.29, 1.82) is 0 Å². The van der Waals surface area contributed by atoms with Crippen molar-refractivity contribution in [3.05, 3.63) is 46.7 Å². The molecule has 21 heavy (non-hydrogen) atoms. The maximum atomic E-state index is 8.83. The van der Waals surface area contributed by atoms with Crippen molar-refractivity contribution in [3.8, 4) is 5.69 Å². The quantitative estimate of drug-likeness (QED) is 0.773. The van der Waals surface area contributed by atoms with Gasteiger partial charge in [-0.25, -0.2) is 4.68 Å². The average molecular weight is 308 g/mol. The fraction of sp³-hybridized carbons (Fsp3) is 0.438. The zero-order valence-corrected chi connectivity index (χ0v) is 13.3. The summed E-state index contributed by atoms with van der Waals surface area (Å²) in [5.74, 6) is 0.308. The van der Waals surface area contributed by atoms with E-state index < -0.39 is 0 Å². The fourth-order valence-electron chi connectivity index (χ4n) is 2.23. The second-order valence-corrected chi connectivity index (χ2v) is 5.67. The van der Waals surface area contributed by atoms with Gasteiger partial charge in [-0.05, 0) is 31.0 Å². The molecule has 114 valence electrons. The van der Waals surface area contributed by atoms with Gasteiger partial charge in [-0.2, -0.15) is 5.10 Å². The lowest BCUT2D eigenvalue weighted by Gasteiger charge is -2.07. The molecule has 0 atom stereocenters. The molecule has 0 saturated carbocycles. The Morgan fingerprint density at radius 1 is 1.29 bits per heavy atom. The van der Waals surface area contributed by atoms with Gasteiger partial charge in [0.15, 0.2) is 0 Å². The summed E-state index contributed by atoms with van der Waals surface area (Å²) in [5, 5.41) is 17.5.